The standard InChI is InChI=1S/C6H10/c1-6-3-2-5(6)4-6/h5H,2-4H2,1H3. The fourth-order valence-electron chi connectivity index (χ4n) is 1.55. The van der Waals surface area contributed by atoms with E-state index in [1.807, 2.05) is 0 Å². The Morgan fingerprint density at radius 2 is 2.33 bits per heavy atom. The molecule has 0 nitrogen and oxygen atoms in total. The first kappa shape index (κ1) is 3.06. The van der Waals surface area contributed by atoms with Crippen molar-refractivity contribution in [3.63, 3.8) is 0 Å². The Hall–Kier alpha value is 0. The molecule has 0 heteroatoms. The first-order valence-corrected chi connectivity index (χ1v) is 2.81. The molecule has 0 spiro atoms. The molecule has 0 radical (unpaired) electrons. The Morgan fingerprint density at radius 3 is 2.33 bits per heavy atom. The van der Waals surface area contributed by atoms with E-state index in [0.29, 0.717) is 0 Å². The normalized spacial score (nSPS) is 62.5. The topological polar surface area (TPSA) is 0 Å². The van der Waals surface area contributed by atoms with E-state index in [1.165, 1.54) is 18.8 Å². The molecule has 2 unspecified atom stereocenters. The predicted octanol–water partition coefficient (Wildman–Crippen LogP) is 1.81. The maximum absolute atomic E-state index is 2.40. The van der Waals surface area contributed by atoms with E-state index in [-0.39, 0.29) is 0 Å². The van der Waals surface area contributed by atoms with Gasteiger partial charge in [-0.2, -0.15) is 0 Å². The molecular weight excluding hydrogens is 72.1 g/mol. The van der Waals surface area contributed by atoms with Crippen molar-refractivity contribution in [2.24, 2.45) is 11.3 Å². The molecule has 0 amide bonds. The molecule has 0 aromatic rings. The van der Waals surface area contributed by atoms with Gasteiger partial charge in [0.2, 0.25) is 0 Å². The maximum atomic E-state index is 2.40. The van der Waals surface area contributed by atoms with Crippen molar-refractivity contribution in [2.75, 3.05) is 0 Å². The van der Waals surface area contributed by atoms with Gasteiger partial charge in [0, 0.05) is 0 Å². The molecule has 0 heterocycles. The van der Waals surface area contributed by atoms with E-state index >= 15 is 0 Å². The molecule has 2 saturated carbocycles. The average molecular weight is 82.1 g/mol. The molecule has 2 aliphatic carbocycles. The van der Waals surface area contributed by atoms with Crippen LogP contribution in [-0.2, 0) is 0 Å². The van der Waals surface area contributed by atoms with Crippen molar-refractivity contribution in [3.05, 3.63) is 0 Å². The summed E-state index contributed by atoms with van der Waals surface area (Å²) < 4.78 is 0. The highest BCUT2D eigenvalue weighted by atomic mass is 14.6. The van der Waals surface area contributed by atoms with Gasteiger partial charge in [-0.3, -0.25) is 0 Å². The van der Waals surface area contributed by atoms with Gasteiger partial charge in [0.15, 0.2) is 0 Å². The van der Waals surface area contributed by atoms with Crippen molar-refractivity contribution in [2.45, 2.75) is 26.2 Å². The second-order valence-corrected chi connectivity index (χ2v) is 3.09. The van der Waals surface area contributed by atoms with Crippen LogP contribution in [0.4, 0.5) is 0 Å². The summed E-state index contributed by atoms with van der Waals surface area (Å²) in [5.41, 5.74) is 0.889. The lowest BCUT2D eigenvalue weighted by molar-refractivity contribution is 0.325. The van der Waals surface area contributed by atoms with Gasteiger partial charge in [-0.05, 0) is 30.6 Å². The van der Waals surface area contributed by atoms with E-state index in [1.54, 1.807) is 6.42 Å². The van der Waals surface area contributed by atoms with Crippen LogP contribution in [0, 0.1) is 11.3 Å². The largest absolute Gasteiger partial charge is 0.0594 e. The molecular formula is C6H10. The third-order valence-corrected chi connectivity index (χ3v) is 2.60. The Kier molecular flexibility index (Phi) is 0.283. The van der Waals surface area contributed by atoms with Gasteiger partial charge >= 0.3 is 0 Å². The second-order valence-electron chi connectivity index (χ2n) is 3.09. The van der Waals surface area contributed by atoms with E-state index < -0.39 is 0 Å². The minimum absolute atomic E-state index is 0.889. The highest BCUT2D eigenvalue weighted by Gasteiger charge is 2.56. The van der Waals surface area contributed by atoms with Crippen LogP contribution >= 0.6 is 0 Å². The third-order valence-electron chi connectivity index (χ3n) is 2.60. The molecule has 2 atom stereocenters. The molecule has 0 N–H and O–H groups in total. The molecule has 0 aromatic heterocycles. The van der Waals surface area contributed by atoms with Crippen LogP contribution in [0.1, 0.15) is 26.2 Å². The van der Waals surface area contributed by atoms with Crippen molar-refractivity contribution < 1.29 is 0 Å². The molecule has 2 rings (SSSR count). The molecule has 2 fully saturated rings. The van der Waals surface area contributed by atoms with Gasteiger partial charge in [-0.25, -0.2) is 0 Å². The minimum atomic E-state index is 0.889. The third kappa shape index (κ3) is 0.160. The van der Waals surface area contributed by atoms with E-state index in [4.69, 9.17) is 0 Å². The summed E-state index contributed by atoms with van der Waals surface area (Å²) in [7, 11) is 0. The van der Waals surface area contributed by atoms with Crippen LogP contribution < -0.4 is 0 Å². The first-order valence-electron chi connectivity index (χ1n) is 2.81. The Labute approximate surface area is 38.6 Å². The van der Waals surface area contributed by atoms with E-state index in [2.05, 4.69) is 6.92 Å². The molecule has 34 valence electrons. The van der Waals surface area contributed by atoms with Gasteiger partial charge in [0.05, 0.1) is 0 Å². The minimum Gasteiger partial charge on any atom is -0.0594 e. The van der Waals surface area contributed by atoms with Gasteiger partial charge in [0.1, 0.15) is 0 Å². The van der Waals surface area contributed by atoms with Gasteiger partial charge in [-0.15, -0.1) is 0 Å². The number of hydrogen-bond acceptors (Lipinski definition) is 0. The predicted molar refractivity (Wildman–Crippen MR) is 25.4 cm³/mol. The van der Waals surface area contributed by atoms with Gasteiger partial charge in [0.25, 0.3) is 0 Å². The Morgan fingerprint density at radius 1 is 1.67 bits per heavy atom. The highest BCUT2D eigenvalue weighted by Crippen LogP contribution is 2.67. The molecule has 0 aliphatic heterocycles. The first-order chi connectivity index (χ1) is 2.81. The lowest BCUT2D eigenvalue weighted by Crippen LogP contribution is -2.07. The SMILES string of the molecule is CC12CCC1C2. The molecule has 0 saturated heterocycles. The molecule has 0 aromatic carbocycles. The fraction of sp³-hybridized carbons (Fsp3) is 1.00. The Bertz CT molecular complexity index is 82.0. The summed E-state index contributed by atoms with van der Waals surface area (Å²) in [6.45, 7) is 2.40. The molecule has 0 bridgehead atoms. The quantitative estimate of drug-likeness (QED) is 0.418. The Balaban J connectivity index is 2.22. The van der Waals surface area contributed by atoms with Crippen LogP contribution in [0.15, 0.2) is 0 Å². The van der Waals surface area contributed by atoms with Crippen LogP contribution in [0.2, 0.25) is 0 Å². The van der Waals surface area contributed by atoms with Gasteiger partial charge < -0.3 is 0 Å². The monoisotopic (exact) mass is 82.1 g/mol. The fourth-order valence-corrected chi connectivity index (χ4v) is 1.55. The summed E-state index contributed by atoms with van der Waals surface area (Å²) >= 11 is 0. The van der Waals surface area contributed by atoms with Gasteiger partial charge in [-0.1, -0.05) is 6.92 Å². The number of fused-ring (bicyclic) bond motifs is 1. The zero-order valence-corrected chi connectivity index (χ0v) is 4.20. The van der Waals surface area contributed by atoms with E-state index in [0.717, 1.165) is 5.41 Å². The summed E-state index contributed by atoms with van der Waals surface area (Å²) in [4.78, 5) is 0. The van der Waals surface area contributed by atoms with Crippen molar-refractivity contribution in [3.8, 4) is 0 Å². The smallest absolute Gasteiger partial charge is 0.0294 e. The zero-order valence-electron chi connectivity index (χ0n) is 4.20. The van der Waals surface area contributed by atoms with Crippen molar-refractivity contribution in [1.82, 2.24) is 0 Å². The molecule has 2 aliphatic rings. The lowest BCUT2D eigenvalue weighted by atomic mass is 9.87. The van der Waals surface area contributed by atoms with Crippen LogP contribution in [0.5, 0.6) is 0 Å². The number of rotatable bonds is 0. The second kappa shape index (κ2) is 0.556. The maximum Gasteiger partial charge on any atom is -0.0294 e. The summed E-state index contributed by atoms with van der Waals surface area (Å²) in [6, 6.07) is 0. The number of hydrogen-bond donors (Lipinski definition) is 0. The van der Waals surface area contributed by atoms with Crippen molar-refractivity contribution in [1.29, 1.82) is 0 Å². The molecule has 6 heavy (non-hydrogen) atoms. The zero-order chi connectivity index (χ0) is 4.20. The summed E-state index contributed by atoms with van der Waals surface area (Å²) in [6.07, 6.45) is 4.61. The van der Waals surface area contributed by atoms with Crippen LogP contribution in [0.3, 0.4) is 0 Å². The summed E-state index contributed by atoms with van der Waals surface area (Å²) in [5.74, 6) is 1.18. The van der Waals surface area contributed by atoms with Crippen LogP contribution in [-0.4, -0.2) is 0 Å². The highest BCUT2D eigenvalue weighted by molar-refractivity contribution is 5.06. The van der Waals surface area contributed by atoms with E-state index in [9.17, 15) is 0 Å². The summed E-state index contributed by atoms with van der Waals surface area (Å²) in [5, 5.41) is 0. The lowest BCUT2D eigenvalue weighted by Gasteiger charge is -2.18. The van der Waals surface area contributed by atoms with Crippen molar-refractivity contribution >= 4 is 0 Å². The van der Waals surface area contributed by atoms with Crippen LogP contribution in [0.25, 0.3) is 0 Å². The average Bonchev–Trinajstić information content (AvgIpc) is 1.88.